The van der Waals surface area contributed by atoms with Gasteiger partial charge in [-0.3, -0.25) is 4.79 Å². The Morgan fingerprint density at radius 1 is 1.50 bits per heavy atom. The van der Waals surface area contributed by atoms with E-state index in [2.05, 4.69) is 4.74 Å². The van der Waals surface area contributed by atoms with Crippen molar-refractivity contribution in [2.75, 3.05) is 0 Å². The molecular weight excluding hydrogens is 132 g/mol. The first-order valence-electron chi connectivity index (χ1n) is 2.38. The van der Waals surface area contributed by atoms with Crippen molar-refractivity contribution in [3.8, 4) is 12.1 Å². The van der Waals surface area contributed by atoms with Crippen molar-refractivity contribution in [2.45, 2.75) is 6.92 Å². The van der Waals surface area contributed by atoms with Gasteiger partial charge in [-0.15, -0.1) is 0 Å². The minimum absolute atomic E-state index is 0.227. The maximum Gasteiger partial charge on any atom is 0.307 e. The molecule has 0 aliphatic rings. The summed E-state index contributed by atoms with van der Waals surface area (Å²) in [5, 5.41) is 16.2. The van der Waals surface area contributed by atoms with Crippen LogP contribution in [-0.2, 0) is 9.53 Å². The van der Waals surface area contributed by atoms with E-state index in [-0.39, 0.29) is 5.57 Å². The number of carbonyl (C=O) groups is 1. The number of rotatable bonds is 1. The van der Waals surface area contributed by atoms with Crippen LogP contribution in [0.3, 0.4) is 0 Å². The zero-order valence-electron chi connectivity index (χ0n) is 5.29. The van der Waals surface area contributed by atoms with Crippen LogP contribution in [0.4, 0.5) is 0 Å². The SMILES string of the molecule is CC(=O)OC=C(C#N)C#N. The summed E-state index contributed by atoms with van der Waals surface area (Å²) in [6, 6.07) is 3.06. The van der Waals surface area contributed by atoms with E-state index in [1.165, 1.54) is 19.1 Å². The third-order valence-electron chi connectivity index (χ3n) is 0.584. The largest absolute Gasteiger partial charge is 0.432 e. The first-order valence-corrected chi connectivity index (χ1v) is 2.38. The zero-order valence-corrected chi connectivity index (χ0v) is 5.29. The predicted molar refractivity (Wildman–Crippen MR) is 31.1 cm³/mol. The van der Waals surface area contributed by atoms with Gasteiger partial charge in [0.25, 0.3) is 0 Å². The summed E-state index contributed by atoms with van der Waals surface area (Å²) >= 11 is 0. The van der Waals surface area contributed by atoms with Gasteiger partial charge < -0.3 is 4.74 Å². The molecule has 0 aromatic rings. The van der Waals surface area contributed by atoms with Crippen molar-refractivity contribution in [1.29, 1.82) is 10.5 Å². The standard InChI is InChI=1S/C6H4N2O2/c1-5(9)10-4-6(2-7)3-8/h4H,1H3. The monoisotopic (exact) mass is 136 g/mol. The Kier molecular flexibility index (Phi) is 3.36. The van der Waals surface area contributed by atoms with Crippen LogP contribution >= 0.6 is 0 Å². The van der Waals surface area contributed by atoms with E-state index in [4.69, 9.17) is 10.5 Å². The molecule has 0 atom stereocenters. The smallest absolute Gasteiger partial charge is 0.307 e. The van der Waals surface area contributed by atoms with Gasteiger partial charge in [0.1, 0.15) is 18.4 Å². The molecule has 0 unspecified atom stereocenters. The molecule has 0 aromatic heterocycles. The second-order valence-corrected chi connectivity index (χ2v) is 1.36. The Morgan fingerprint density at radius 3 is 2.30 bits per heavy atom. The Hall–Kier alpha value is -1.81. The second kappa shape index (κ2) is 4.11. The third-order valence-corrected chi connectivity index (χ3v) is 0.584. The van der Waals surface area contributed by atoms with E-state index in [1.54, 1.807) is 0 Å². The van der Waals surface area contributed by atoms with Gasteiger partial charge in [0.15, 0.2) is 5.57 Å². The third kappa shape index (κ3) is 3.23. The Labute approximate surface area is 57.9 Å². The number of esters is 1. The molecular formula is C6H4N2O2. The minimum atomic E-state index is -0.553. The van der Waals surface area contributed by atoms with Gasteiger partial charge in [0, 0.05) is 6.92 Å². The summed E-state index contributed by atoms with van der Waals surface area (Å²) in [4.78, 5) is 10.1. The number of nitrogens with zero attached hydrogens (tertiary/aromatic N) is 2. The molecule has 4 nitrogen and oxygen atoms in total. The molecule has 0 heterocycles. The Bertz CT molecular complexity index is 225. The molecule has 0 rings (SSSR count). The normalized spacial score (nSPS) is 6.70. The lowest BCUT2D eigenvalue weighted by molar-refractivity contribution is -0.135. The molecule has 0 aromatic carbocycles. The molecule has 0 spiro atoms. The fraction of sp³-hybridized carbons (Fsp3) is 0.167. The van der Waals surface area contributed by atoms with Crippen LogP contribution in [0.25, 0.3) is 0 Å². The van der Waals surface area contributed by atoms with Gasteiger partial charge in [0.2, 0.25) is 0 Å². The van der Waals surface area contributed by atoms with E-state index < -0.39 is 5.97 Å². The molecule has 50 valence electrons. The molecule has 0 amide bonds. The van der Waals surface area contributed by atoms with Crippen LogP contribution in [0.1, 0.15) is 6.92 Å². The summed E-state index contributed by atoms with van der Waals surface area (Å²) in [6.07, 6.45) is 0.822. The highest BCUT2D eigenvalue weighted by Crippen LogP contribution is 1.89. The number of ether oxygens (including phenoxy) is 1. The van der Waals surface area contributed by atoms with Gasteiger partial charge in [-0.2, -0.15) is 10.5 Å². The maximum atomic E-state index is 10.1. The molecule has 10 heavy (non-hydrogen) atoms. The highest BCUT2D eigenvalue weighted by molar-refractivity contribution is 5.67. The van der Waals surface area contributed by atoms with Crippen LogP contribution < -0.4 is 0 Å². The maximum absolute atomic E-state index is 10.1. The minimum Gasteiger partial charge on any atom is -0.432 e. The molecule has 0 fully saturated rings. The van der Waals surface area contributed by atoms with E-state index >= 15 is 0 Å². The Morgan fingerprint density at radius 2 is 2.00 bits per heavy atom. The van der Waals surface area contributed by atoms with E-state index in [0.29, 0.717) is 0 Å². The van der Waals surface area contributed by atoms with Crippen LogP contribution in [0, 0.1) is 22.7 Å². The molecule has 0 bridgehead atoms. The average Bonchev–Trinajstić information content (AvgIpc) is 1.90. The number of hydrogen-bond donors (Lipinski definition) is 0. The predicted octanol–water partition coefficient (Wildman–Crippen LogP) is 0.481. The average molecular weight is 136 g/mol. The molecule has 0 saturated heterocycles. The first kappa shape index (κ1) is 8.19. The van der Waals surface area contributed by atoms with Crippen molar-refractivity contribution in [2.24, 2.45) is 0 Å². The topological polar surface area (TPSA) is 73.9 Å². The lowest BCUT2D eigenvalue weighted by atomic mass is 10.4. The summed E-state index contributed by atoms with van der Waals surface area (Å²) in [6.45, 7) is 1.18. The van der Waals surface area contributed by atoms with Crippen molar-refractivity contribution in [1.82, 2.24) is 0 Å². The summed E-state index contributed by atoms with van der Waals surface area (Å²) in [7, 11) is 0. The highest BCUT2D eigenvalue weighted by Gasteiger charge is 1.92. The quantitative estimate of drug-likeness (QED) is 0.298. The Balaban J connectivity index is 4.07. The number of nitriles is 2. The van der Waals surface area contributed by atoms with Gasteiger partial charge in [0.05, 0.1) is 0 Å². The van der Waals surface area contributed by atoms with Crippen LogP contribution in [0.5, 0.6) is 0 Å². The zero-order chi connectivity index (χ0) is 7.98. The van der Waals surface area contributed by atoms with E-state index in [9.17, 15) is 4.79 Å². The molecule has 4 heteroatoms. The summed E-state index contributed by atoms with van der Waals surface area (Å²) in [5.74, 6) is -0.553. The van der Waals surface area contributed by atoms with Crippen LogP contribution in [0.15, 0.2) is 11.8 Å². The van der Waals surface area contributed by atoms with Crippen molar-refractivity contribution in [3.63, 3.8) is 0 Å². The number of allylic oxidation sites excluding steroid dienone is 1. The summed E-state index contributed by atoms with van der Waals surface area (Å²) < 4.78 is 4.24. The fourth-order valence-corrected chi connectivity index (χ4v) is 0.220. The van der Waals surface area contributed by atoms with Gasteiger partial charge in [-0.1, -0.05) is 0 Å². The molecule has 0 radical (unpaired) electrons. The van der Waals surface area contributed by atoms with E-state index in [1.807, 2.05) is 0 Å². The van der Waals surface area contributed by atoms with Crippen LogP contribution in [0.2, 0.25) is 0 Å². The highest BCUT2D eigenvalue weighted by atomic mass is 16.5. The molecule has 0 saturated carbocycles. The number of carbonyl (C=O) groups excluding carboxylic acids is 1. The van der Waals surface area contributed by atoms with Crippen molar-refractivity contribution < 1.29 is 9.53 Å². The number of hydrogen-bond acceptors (Lipinski definition) is 4. The van der Waals surface area contributed by atoms with E-state index in [0.717, 1.165) is 6.26 Å². The van der Waals surface area contributed by atoms with Gasteiger partial charge >= 0.3 is 5.97 Å². The van der Waals surface area contributed by atoms with Gasteiger partial charge in [-0.05, 0) is 0 Å². The molecule has 0 aliphatic heterocycles. The van der Waals surface area contributed by atoms with Crippen LogP contribution in [-0.4, -0.2) is 5.97 Å². The lowest BCUT2D eigenvalue weighted by Gasteiger charge is -1.87. The summed E-state index contributed by atoms with van der Waals surface area (Å²) in [5.41, 5.74) is -0.227. The first-order chi connectivity index (χ1) is 4.70. The lowest BCUT2D eigenvalue weighted by Crippen LogP contribution is -1.90. The van der Waals surface area contributed by atoms with Crippen molar-refractivity contribution >= 4 is 5.97 Å². The fourth-order valence-electron chi connectivity index (χ4n) is 0.220. The second-order valence-electron chi connectivity index (χ2n) is 1.36. The van der Waals surface area contributed by atoms with Gasteiger partial charge in [-0.25, -0.2) is 0 Å². The molecule has 0 N–H and O–H groups in total. The molecule has 0 aliphatic carbocycles. The van der Waals surface area contributed by atoms with Crippen molar-refractivity contribution in [3.05, 3.63) is 11.8 Å².